The summed E-state index contributed by atoms with van der Waals surface area (Å²) in [6, 6.07) is 6.94. The van der Waals surface area contributed by atoms with Gasteiger partial charge in [0.1, 0.15) is 12.4 Å². The number of carbonyl (C=O) groups is 2. The summed E-state index contributed by atoms with van der Waals surface area (Å²) in [6.45, 7) is 7.37. The minimum Gasteiger partial charge on any atom is -0.461 e. The fourth-order valence-corrected chi connectivity index (χ4v) is 1.21. The van der Waals surface area contributed by atoms with Gasteiger partial charge in [-0.1, -0.05) is 39.8 Å². The molecule has 0 N–H and O–H groups in total. The summed E-state index contributed by atoms with van der Waals surface area (Å²) < 4.78 is 10.2. The molecular weight excluding hydrogens is 244 g/mol. The van der Waals surface area contributed by atoms with Gasteiger partial charge < -0.3 is 9.47 Å². The predicted octanol–water partition coefficient (Wildman–Crippen LogP) is 2.95. The van der Waals surface area contributed by atoms with Gasteiger partial charge in [0.25, 0.3) is 0 Å². The first-order valence-corrected chi connectivity index (χ1v) is 6.37. The highest BCUT2D eigenvalue weighted by molar-refractivity contribution is 5.74. The van der Waals surface area contributed by atoms with E-state index in [9.17, 15) is 9.59 Å². The Morgan fingerprint density at radius 2 is 1.47 bits per heavy atom. The Kier molecular flexibility index (Phi) is 5.55. The number of benzene rings is 1. The zero-order valence-corrected chi connectivity index (χ0v) is 11.8. The molecule has 0 fully saturated rings. The Balaban J connectivity index is 2.52. The maximum absolute atomic E-state index is 11.4. The van der Waals surface area contributed by atoms with Crippen molar-refractivity contribution in [2.75, 3.05) is 0 Å². The van der Waals surface area contributed by atoms with E-state index in [2.05, 4.69) is 0 Å². The minimum atomic E-state index is -0.265. The molecular formula is C15H20O4. The molecule has 0 saturated carbocycles. The van der Waals surface area contributed by atoms with Crippen LogP contribution in [0.4, 0.5) is 0 Å². The molecule has 0 saturated heterocycles. The lowest BCUT2D eigenvalue weighted by molar-refractivity contribution is -0.148. The van der Waals surface area contributed by atoms with Crippen LogP contribution in [0.15, 0.2) is 24.3 Å². The first-order valence-electron chi connectivity index (χ1n) is 6.37. The second kappa shape index (κ2) is 6.92. The summed E-state index contributed by atoms with van der Waals surface area (Å²) in [5.41, 5.74) is 0.860. The Morgan fingerprint density at radius 1 is 0.947 bits per heavy atom. The highest BCUT2D eigenvalue weighted by atomic mass is 16.5. The normalized spacial score (nSPS) is 10.6. The molecule has 1 rings (SSSR count). The van der Waals surface area contributed by atoms with E-state index >= 15 is 0 Å². The topological polar surface area (TPSA) is 52.6 Å². The first kappa shape index (κ1) is 15.2. The van der Waals surface area contributed by atoms with Crippen LogP contribution in [0.25, 0.3) is 0 Å². The van der Waals surface area contributed by atoms with Gasteiger partial charge in [-0.15, -0.1) is 0 Å². The number of hydrogen-bond acceptors (Lipinski definition) is 4. The van der Waals surface area contributed by atoms with Gasteiger partial charge in [-0.2, -0.15) is 0 Å². The number of ether oxygens (including phenoxy) is 2. The molecule has 4 heteroatoms. The van der Waals surface area contributed by atoms with E-state index in [0.717, 1.165) is 5.56 Å². The molecule has 0 atom stereocenters. The van der Waals surface area contributed by atoms with Crippen molar-refractivity contribution in [2.24, 2.45) is 11.8 Å². The van der Waals surface area contributed by atoms with Crippen molar-refractivity contribution >= 4 is 11.9 Å². The van der Waals surface area contributed by atoms with Crippen molar-refractivity contribution in [3.05, 3.63) is 29.8 Å². The smallest absolute Gasteiger partial charge is 0.313 e. The van der Waals surface area contributed by atoms with E-state index in [1.807, 2.05) is 0 Å². The van der Waals surface area contributed by atoms with Crippen molar-refractivity contribution in [1.82, 2.24) is 0 Å². The van der Waals surface area contributed by atoms with Crippen molar-refractivity contribution in [2.45, 2.75) is 34.3 Å². The zero-order chi connectivity index (χ0) is 14.4. The van der Waals surface area contributed by atoms with Crippen molar-refractivity contribution in [3.8, 4) is 5.75 Å². The lowest BCUT2D eigenvalue weighted by Crippen LogP contribution is -2.14. The van der Waals surface area contributed by atoms with Gasteiger partial charge in [-0.25, -0.2) is 0 Å². The van der Waals surface area contributed by atoms with Crippen molar-refractivity contribution < 1.29 is 19.1 Å². The summed E-state index contributed by atoms with van der Waals surface area (Å²) in [6.07, 6.45) is 0. The second-order valence-electron chi connectivity index (χ2n) is 4.98. The van der Waals surface area contributed by atoms with E-state index < -0.39 is 0 Å². The lowest BCUT2D eigenvalue weighted by Gasteiger charge is -2.09. The quantitative estimate of drug-likeness (QED) is 0.606. The lowest BCUT2D eigenvalue weighted by atomic mass is 10.2. The number of esters is 2. The number of carbonyl (C=O) groups excluding carboxylic acids is 2. The van der Waals surface area contributed by atoms with Crippen LogP contribution in [0.5, 0.6) is 5.75 Å². The molecule has 0 bridgehead atoms. The molecule has 4 nitrogen and oxygen atoms in total. The predicted molar refractivity (Wildman–Crippen MR) is 71.5 cm³/mol. The van der Waals surface area contributed by atoms with Gasteiger partial charge in [0, 0.05) is 0 Å². The van der Waals surface area contributed by atoms with Crippen molar-refractivity contribution in [3.63, 3.8) is 0 Å². The first-order chi connectivity index (χ1) is 8.90. The van der Waals surface area contributed by atoms with Crippen LogP contribution in [0.3, 0.4) is 0 Å². The summed E-state index contributed by atoms with van der Waals surface area (Å²) >= 11 is 0. The van der Waals surface area contributed by atoms with Gasteiger partial charge in [-0.3, -0.25) is 9.59 Å². The molecule has 0 amide bonds. The molecule has 1 aromatic rings. The number of rotatable bonds is 5. The zero-order valence-electron chi connectivity index (χ0n) is 11.8. The highest BCUT2D eigenvalue weighted by Crippen LogP contribution is 2.15. The molecule has 0 aromatic heterocycles. The van der Waals surface area contributed by atoms with Gasteiger partial charge >= 0.3 is 11.9 Å². The fourth-order valence-electron chi connectivity index (χ4n) is 1.21. The minimum absolute atomic E-state index is 0.133. The standard InChI is InChI=1S/C15H20O4/c1-10(2)14(16)18-9-12-5-7-13(8-6-12)19-15(17)11(3)4/h5-8,10-11H,9H2,1-4H3. The summed E-state index contributed by atoms with van der Waals surface area (Å²) in [4.78, 5) is 22.7. The van der Waals surface area contributed by atoms with E-state index in [4.69, 9.17) is 9.47 Å². The largest absolute Gasteiger partial charge is 0.461 e. The van der Waals surface area contributed by atoms with Gasteiger partial charge in [0.15, 0.2) is 0 Å². The van der Waals surface area contributed by atoms with Crippen LogP contribution in [-0.4, -0.2) is 11.9 Å². The molecule has 0 heterocycles. The Morgan fingerprint density at radius 3 is 1.95 bits per heavy atom. The summed E-state index contributed by atoms with van der Waals surface area (Å²) in [5.74, 6) is -0.287. The van der Waals surface area contributed by atoms with E-state index in [1.165, 1.54) is 0 Å². The van der Waals surface area contributed by atoms with Crippen LogP contribution in [0.2, 0.25) is 0 Å². The Hall–Kier alpha value is -1.84. The molecule has 0 unspecified atom stereocenters. The van der Waals surface area contributed by atoms with Crippen LogP contribution in [-0.2, 0) is 20.9 Å². The average molecular weight is 264 g/mol. The molecule has 19 heavy (non-hydrogen) atoms. The van der Waals surface area contributed by atoms with E-state index in [-0.39, 0.29) is 30.4 Å². The summed E-state index contributed by atoms with van der Waals surface area (Å²) in [7, 11) is 0. The van der Waals surface area contributed by atoms with Crippen molar-refractivity contribution in [1.29, 1.82) is 0 Å². The fraction of sp³-hybridized carbons (Fsp3) is 0.467. The van der Waals surface area contributed by atoms with Crippen LogP contribution >= 0.6 is 0 Å². The Labute approximate surface area is 113 Å². The molecule has 0 radical (unpaired) electrons. The van der Waals surface area contributed by atoms with E-state index in [0.29, 0.717) is 5.75 Å². The molecule has 1 aromatic carbocycles. The third-order valence-electron chi connectivity index (χ3n) is 2.47. The molecule has 0 spiro atoms. The van der Waals surface area contributed by atoms with Gasteiger partial charge in [0.2, 0.25) is 0 Å². The third kappa shape index (κ3) is 5.12. The molecule has 0 aliphatic rings. The number of hydrogen-bond donors (Lipinski definition) is 0. The molecule has 104 valence electrons. The second-order valence-corrected chi connectivity index (χ2v) is 4.98. The third-order valence-corrected chi connectivity index (χ3v) is 2.47. The maximum Gasteiger partial charge on any atom is 0.313 e. The monoisotopic (exact) mass is 264 g/mol. The van der Waals surface area contributed by atoms with Crippen LogP contribution < -0.4 is 4.74 Å². The van der Waals surface area contributed by atoms with Crippen LogP contribution in [0.1, 0.15) is 33.3 Å². The molecule has 0 aliphatic heterocycles. The average Bonchev–Trinajstić information content (AvgIpc) is 2.37. The molecule has 0 aliphatic carbocycles. The maximum atomic E-state index is 11.4. The van der Waals surface area contributed by atoms with Gasteiger partial charge in [-0.05, 0) is 17.7 Å². The van der Waals surface area contributed by atoms with E-state index in [1.54, 1.807) is 52.0 Å². The highest BCUT2D eigenvalue weighted by Gasteiger charge is 2.10. The Bertz CT molecular complexity index is 432. The summed E-state index contributed by atoms with van der Waals surface area (Å²) in [5, 5.41) is 0. The van der Waals surface area contributed by atoms with Crippen LogP contribution in [0, 0.1) is 11.8 Å². The SMILES string of the molecule is CC(C)C(=O)OCc1ccc(OC(=O)C(C)C)cc1. The van der Waals surface area contributed by atoms with Gasteiger partial charge in [0.05, 0.1) is 11.8 Å².